The van der Waals surface area contributed by atoms with E-state index < -0.39 is 17.7 Å². The van der Waals surface area contributed by atoms with E-state index in [0.717, 1.165) is 11.0 Å². The maximum atomic E-state index is 13.8. The van der Waals surface area contributed by atoms with Crippen LogP contribution >= 0.6 is 11.8 Å². The van der Waals surface area contributed by atoms with Gasteiger partial charge in [0, 0.05) is 21.8 Å². The minimum atomic E-state index is -0.664. The lowest BCUT2D eigenvalue weighted by molar-refractivity contribution is 0.0936. The summed E-state index contributed by atoms with van der Waals surface area (Å²) in [5.41, 5.74) is 0.814. The first-order valence-electron chi connectivity index (χ1n) is 7.40. The van der Waals surface area contributed by atoms with Crippen LogP contribution in [0.5, 0.6) is 0 Å². The Bertz CT molecular complexity index is 703. The summed E-state index contributed by atoms with van der Waals surface area (Å²) in [6, 6.07) is 10.1. The number of amides is 1. The van der Waals surface area contributed by atoms with Gasteiger partial charge in [-0.05, 0) is 25.1 Å². The minimum Gasteiger partial charge on any atom is -0.345 e. The highest BCUT2D eigenvalue weighted by molar-refractivity contribution is 8.00. The van der Waals surface area contributed by atoms with E-state index in [1.165, 1.54) is 12.1 Å². The lowest BCUT2D eigenvalue weighted by Gasteiger charge is -2.17. The molecule has 2 aromatic carbocycles. The van der Waals surface area contributed by atoms with Crippen molar-refractivity contribution in [3.05, 3.63) is 65.2 Å². The van der Waals surface area contributed by atoms with E-state index in [1.54, 1.807) is 30.8 Å². The summed E-state index contributed by atoms with van der Waals surface area (Å²) in [6.45, 7) is 5.78. The Kier molecular flexibility index (Phi) is 5.77. The third kappa shape index (κ3) is 4.55. The van der Waals surface area contributed by atoms with Gasteiger partial charge < -0.3 is 5.32 Å². The molecule has 0 aromatic heterocycles. The third-order valence-corrected chi connectivity index (χ3v) is 4.35. The van der Waals surface area contributed by atoms with Crippen LogP contribution < -0.4 is 5.32 Å². The molecule has 2 rings (SSSR count). The number of rotatable bonds is 5. The smallest absolute Gasteiger partial charge is 0.252 e. The van der Waals surface area contributed by atoms with Crippen molar-refractivity contribution in [2.45, 2.75) is 37.0 Å². The van der Waals surface area contributed by atoms with Crippen LogP contribution in [0, 0.1) is 11.6 Å². The second-order valence-corrected chi connectivity index (χ2v) is 7.14. The largest absolute Gasteiger partial charge is 0.345 e. The predicted molar refractivity (Wildman–Crippen MR) is 89.7 cm³/mol. The topological polar surface area (TPSA) is 29.1 Å². The van der Waals surface area contributed by atoms with Gasteiger partial charge in [0.05, 0.1) is 11.6 Å². The molecule has 23 heavy (non-hydrogen) atoms. The average Bonchev–Trinajstić information content (AvgIpc) is 2.46. The first kappa shape index (κ1) is 17.5. The highest BCUT2D eigenvalue weighted by Crippen LogP contribution is 2.27. The zero-order valence-corrected chi connectivity index (χ0v) is 14.1. The molecule has 2 nitrogen and oxygen atoms in total. The van der Waals surface area contributed by atoms with Crippen LogP contribution in [0.3, 0.4) is 0 Å². The van der Waals surface area contributed by atoms with E-state index in [1.807, 2.05) is 12.1 Å². The molecule has 0 spiro atoms. The summed E-state index contributed by atoms with van der Waals surface area (Å²) in [6.07, 6.45) is 0. The molecule has 122 valence electrons. The van der Waals surface area contributed by atoms with Gasteiger partial charge in [-0.25, -0.2) is 8.78 Å². The maximum absolute atomic E-state index is 13.8. The number of nitrogens with one attached hydrogen (secondary N) is 1. The van der Waals surface area contributed by atoms with Gasteiger partial charge in [0.15, 0.2) is 0 Å². The van der Waals surface area contributed by atoms with E-state index in [9.17, 15) is 13.6 Å². The van der Waals surface area contributed by atoms with E-state index in [4.69, 9.17) is 0 Å². The fourth-order valence-corrected chi connectivity index (χ4v) is 3.17. The molecule has 1 atom stereocenters. The first-order valence-corrected chi connectivity index (χ1v) is 8.28. The molecule has 1 amide bonds. The van der Waals surface area contributed by atoms with Gasteiger partial charge in [-0.2, -0.15) is 0 Å². The molecular formula is C18H19F2NOS. The molecule has 0 bridgehead atoms. The molecule has 1 unspecified atom stereocenters. The van der Waals surface area contributed by atoms with Crippen LogP contribution in [-0.2, 0) is 0 Å². The van der Waals surface area contributed by atoms with E-state index in [2.05, 4.69) is 19.2 Å². The van der Waals surface area contributed by atoms with Gasteiger partial charge in [-0.15, -0.1) is 11.8 Å². The summed E-state index contributed by atoms with van der Waals surface area (Å²) in [7, 11) is 0. The molecule has 0 aliphatic rings. The third-order valence-electron chi connectivity index (χ3n) is 3.27. The number of carbonyl (C=O) groups is 1. The average molecular weight is 335 g/mol. The Hall–Kier alpha value is -1.88. The lowest BCUT2D eigenvalue weighted by atomic mass is 10.1. The Morgan fingerprint density at radius 1 is 1.09 bits per heavy atom. The van der Waals surface area contributed by atoms with Crippen molar-refractivity contribution >= 4 is 17.7 Å². The number of hydrogen-bond donors (Lipinski definition) is 1. The maximum Gasteiger partial charge on any atom is 0.252 e. The fourth-order valence-electron chi connectivity index (χ4n) is 2.22. The molecular weight excluding hydrogens is 316 g/mol. The van der Waals surface area contributed by atoms with E-state index >= 15 is 0 Å². The van der Waals surface area contributed by atoms with Crippen molar-refractivity contribution in [2.75, 3.05) is 0 Å². The predicted octanol–water partition coefficient (Wildman–Crippen LogP) is 4.96. The number of halogens is 2. The molecule has 0 saturated heterocycles. The molecule has 0 aliphatic carbocycles. The van der Waals surface area contributed by atoms with Gasteiger partial charge >= 0.3 is 0 Å². The van der Waals surface area contributed by atoms with Crippen LogP contribution in [0.2, 0.25) is 0 Å². The summed E-state index contributed by atoms with van der Waals surface area (Å²) in [5, 5.41) is 3.12. The number of carbonyl (C=O) groups excluding carboxylic acids is 1. The Morgan fingerprint density at radius 2 is 1.78 bits per heavy atom. The van der Waals surface area contributed by atoms with Gasteiger partial charge in [0.2, 0.25) is 0 Å². The van der Waals surface area contributed by atoms with E-state index in [-0.39, 0.29) is 11.5 Å². The minimum absolute atomic E-state index is 0.258. The number of thioether (sulfide) groups is 1. The van der Waals surface area contributed by atoms with Crippen LogP contribution in [-0.4, -0.2) is 11.2 Å². The Labute approximate surface area is 139 Å². The molecule has 0 saturated carbocycles. The van der Waals surface area contributed by atoms with Crippen LogP contribution in [0.4, 0.5) is 8.78 Å². The second kappa shape index (κ2) is 7.59. The quantitative estimate of drug-likeness (QED) is 0.783. The highest BCUT2D eigenvalue weighted by Gasteiger charge is 2.17. The molecule has 2 aromatic rings. The standard InChI is InChI=1S/C18H19F2NOS/c1-11(2)23-17-7-5-4-6-15(17)18(22)21-12(3)14-9-8-13(19)10-16(14)20/h4-12H,1-3H3,(H,21,22). The fraction of sp³-hybridized carbons (Fsp3) is 0.278. The van der Waals surface area contributed by atoms with Gasteiger partial charge in [-0.3, -0.25) is 4.79 Å². The zero-order chi connectivity index (χ0) is 17.0. The van der Waals surface area contributed by atoms with Crippen molar-refractivity contribution in [3.8, 4) is 0 Å². The molecule has 0 radical (unpaired) electrons. The number of benzene rings is 2. The lowest BCUT2D eigenvalue weighted by Crippen LogP contribution is -2.27. The van der Waals surface area contributed by atoms with Crippen LogP contribution in [0.15, 0.2) is 47.4 Å². The van der Waals surface area contributed by atoms with Crippen molar-refractivity contribution in [3.63, 3.8) is 0 Å². The first-order chi connectivity index (χ1) is 10.9. The Morgan fingerprint density at radius 3 is 2.43 bits per heavy atom. The second-order valence-electron chi connectivity index (χ2n) is 5.52. The van der Waals surface area contributed by atoms with Crippen molar-refractivity contribution in [1.82, 2.24) is 5.32 Å². The summed E-state index contributed by atoms with van der Waals surface area (Å²) in [5.74, 6) is -1.57. The van der Waals surface area contributed by atoms with Crippen LogP contribution in [0.25, 0.3) is 0 Å². The van der Waals surface area contributed by atoms with Crippen molar-refractivity contribution in [1.29, 1.82) is 0 Å². The molecule has 0 aliphatic heterocycles. The zero-order valence-electron chi connectivity index (χ0n) is 13.3. The SMILES string of the molecule is CC(C)Sc1ccccc1C(=O)NC(C)c1ccc(F)cc1F. The molecule has 0 fully saturated rings. The van der Waals surface area contributed by atoms with Crippen molar-refractivity contribution in [2.24, 2.45) is 0 Å². The van der Waals surface area contributed by atoms with Gasteiger partial charge in [0.1, 0.15) is 11.6 Å². The summed E-state index contributed by atoms with van der Waals surface area (Å²) in [4.78, 5) is 13.4. The van der Waals surface area contributed by atoms with Gasteiger partial charge in [-0.1, -0.05) is 32.0 Å². The molecule has 0 heterocycles. The van der Waals surface area contributed by atoms with Crippen molar-refractivity contribution < 1.29 is 13.6 Å². The highest BCUT2D eigenvalue weighted by atomic mass is 32.2. The molecule has 5 heteroatoms. The summed E-state index contributed by atoms with van der Waals surface area (Å²) < 4.78 is 26.8. The monoisotopic (exact) mass is 335 g/mol. The van der Waals surface area contributed by atoms with E-state index in [0.29, 0.717) is 10.8 Å². The van der Waals surface area contributed by atoms with Crippen LogP contribution in [0.1, 0.15) is 42.7 Å². The molecule has 1 N–H and O–H groups in total. The number of hydrogen-bond acceptors (Lipinski definition) is 2. The Balaban J connectivity index is 2.18. The van der Waals surface area contributed by atoms with Gasteiger partial charge in [0.25, 0.3) is 5.91 Å². The summed E-state index contributed by atoms with van der Waals surface area (Å²) >= 11 is 1.60. The normalized spacial score (nSPS) is 12.3.